The summed E-state index contributed by atoms with van der Waals surface area (Å²) in [7, 11) is 1.66. The molecule has 4 rings (SSSR count). The number of nitrogens with one attached hydrogen (secondary N) is 1. The minimum absolute atomic E-state index is 0.179. The lowest BCUT2D eigenvalue weighted by molar-refractivity contribution is 0.102. The number of carbonyl (C=O) groups excluding carboxylic acids is 1. The third kappa shape index (κ3) is 5.50. The summed E-state index contributed by atoms with van der Waals surface area (Å²) in [5.41, 5.74) is 4.16. The Hall–Kier alpha value is -3.71. The number of aryl methyl sites for hydroxylation is 1. The molecule has 0 saturated heterocycles. The number of anilines is 1. The maximum absolute atomic E-state index is 12.6. The number of rotatable bonds is 8. The monoisotopic (exact) mass is 445 g/mol. The number of benzene rings is 2. The van der Waals surface area contributed by atoms with Crippen molar-refractivity contribution >= 4 is 22.4 Å². The van der Waals surface area contributed by atoms with E-state index in [-0.39, 0.29) is 5.91 Å². The topological polar surface area (TPSA) is 73.3 Å². The molecule has 0 aliphatic rings. The molecule has 2 heterocycles. The minimum atomic E-state index is -0.179. The van der Waals surface area contributed by atoms with Crippen molar-refractivity contribution < 1.29 is 14.3 Å². The van der Waals surface area contributed by atoms with Crippen LogP contribution in [0.3, 0.4) is 0 Å². The summed E-state index contributed by atoms with van der Waals surface area (Å²) in [4.78, 5) is 17.2. The molecular formula is C25H23N3O3S. The third-order valence-electron chi connectivity index (χ3n) is 4.78. The summed E-state index contributed by atoms with van der Waals surface area (Å²) in [5.74, 6) is 1.19. The van der Waals surface area contributed by atoms with Crippen LogP contribution in [0.25, 0.3) is 11.3 Å². The van der Waals surface area contributed by atoms with Crippen molar-refractivity contribution in [3.63, 3.8) is 0 Å². The predicted molar refractivity (Wildman–Crippen MR) is 127 cm³/mol. The van der Waals surface area contributed by atoms with Crippen LogP contribution in [0.4, 0.5) is 5.00 Å². The molecule has 0 unspecified atom stereocenters. The van der Waals surface area contributed by atoms with Crippen molar-refractivity contribution in [2.75, 3.05) is 19.0 Å². The normalized spacial score (nSPS) is 10.6. The molecule has 0 radical (unpaired) electrons. The van der Waals surface area contributed by atoms with Gasteiger partial charge in [-0.3, -0.25) is 4.79 Å². The average Bonchev–Trinajstić information content (AvgIpc) is 3.24. The van der Waals surface area contributed by atoms with E-state index in [9.17, 15) is 4.79 Å². The molecule has 162 valence electrons. The number of carbonyl (C=O) groups is 1. The molecule has 6 nitrogen and oxygen atoms in total. The van der Waals surface area contributed by atoms with Gasteiger partial charge in [-0.05, 0) is 60.4 Å². The number of nitrogens with zero attached hydrogens (tertiary/aromatic N) is 2. The second-order valence-corrected chi connectivity index (χ2v) is 7.98. The highest BCUT2D eigenvalue weighted by Gasteiger charge is 2.10. The lowest BCUT2D eigenvalue weighted by atomic mass is 10.1. The Bertz CT molecular complexity index is 1220. The van der Waals surface area contributed by atoms with Crippen molar-refractivity contribution in [1.29, 1.82) is 0 Å². The number of hydrogen-bond acceptors (Lipinski definition) is 6. The van der Waals surface area contributed by atoms with E-state index in [2.05, 4.69) is 14.7 Å². The van der Waals surface area contributed by atoms with E-state index in [4.69, 9.17) is 9.47 Å². The van der Waals surface area contributed by atoms with Gasteiger partial charge in [-0.2, -0.15) is 4.37 Å². The second-order valence-electron chi connectivity index (χ2n) is 7.18. The van der Waals surface area contributed by atoms with Crippen molar-refractivity contribution in [1.82, 2.24) is 9.36 Å². The number of ether oxygens (including phenoxy) is 2. The zero-order valence-corrected chi connectivity index (χ0v) is 18.7. The smallest absolute Gasteiger partial charge is 0.256 e. The van der Waals surface area contributed by atoms with Crippen LogP contribution in [0.5, 0.6) is 11.6 Å². The van der Waals surface area contributed by atoms with E-state index in [1.54, 1.807) is 13.2 Å². The minimum Gasteiger partial charge on any atom is -0.497 e. The van der Waals surface area contributed by atoms with Gasteiger partial charge in [-0.1, -0.05) is 30.3 Å². The Morgan fingerprint density at radius 2 is 1.88 bits per heavy atom. The van der Waals surface area contributed by atoms with E-state index in [1.807, 2.05) is 73.7 Å². The molecule has 32 heavy (non-hydrogen) atoms. The van der Waals surface area contributed by atoms with Crippen LogP contribution in [0, 0.1) is 6.92 Å². The Labute approximate surface area is 191 Å². The maximum atomic E-state index is 12.6. The van der Waals surface area contributed by atoms with Crippen molar-refractivity contribution in [3.8, 4) is 22.9 Å². The summed E-state index contributed by atoms with van der Waals surface area (Å²) in [6.07, 6.45) is 0.746. The Morgan fingerprint density at radius 1 is 1.03 bits per heavy atom. The maximum Gasteiger partial charge on any atom is 0.256 e. The SMILES string of the molecule is COc1cccc(CCOc2cccc(-c3cccc(C(=O)Nc4cc(C)ns4)c3)n2)c1. The zero-order chi connectivity index (χ0) is 22.3. The fraction of sp³-hybridized carbons (Fsp3) is 0.160. The molecule has 0 spiro atoms. The van der Waals surface area contributed by atoms with E-state index in [0.29, 0.717) is 18.1 Å². The van der Waals surface area contributed by atoms with Gasteiger partial charge < -0.3 is 14.8 Å². The first kappa shape index (κ1) is 21.5. The highest BCUT2D eigenvalue weighted by atomic mass is 32.1. The molecule has 1 N–H and O–H groups in total. The molecule has 0 aliphatic heterocycles. The van der Waals surface area contributed by atoms with Crippen LogP contribution in [0.1, 0.15) is 21.6 Å². The third-order valence-corrected chi connectivity index (χ3v) is 5.58. The van der Waals surface area contributed by atoms with Gasteiger partial charge in [0.05, 0.1) is 25.1 Å². The second kappa shape index (κ2) is 10.1. The van der Waals surface area contributed by atoms with Gasteiger partial charge >= 0.3 is 0 Å². The van der Waals surface area contributed by atoms with E-state index in [0.717, 1.165) is 39.7 Å². The lowest BCUT2D eigenvalue weighted by Crippen LogP contribution is -2.10. The van der Waals surface area contributed by atoms with Crippen molar-refractivity contribution in [2.45, 2.75) is 13.3 Å². The van der Waals surface area contributed by atoms with Crippen LogP contribution < -0.4 is 14.8 Å². The first-order valence-electron chi connectivity index (χ1n) is 10.2. The average molecular weight is 446 g/mol. The molecule has 0 aliphatic carbocycles. The fourth-order valence-electron chi connectivity index (χ4n) is 3.18. The summed E-state index contributed by atoms with van der Waals surface area (Å²) in [6.45, 7) is 2.39. The molecule has 0 bridgehead atoms. The molecule has 2 aromatic heterocycles. The van der Waals surface area contributed by atoms with Gasteiger partial charge in [0, 0.05) is 23.6 Å². The largest absolute Gasteiger partial charge is 0.497 e. The molecule has 1 amide bonds. The number of methoxy groups -OCH3 is 1. The molecular weight excluding hydrogens is 422 g/mol. The summed E-state index contributed by atoms with van der Waals surface area (Å²) in [5, 5.41) is 3.61. The number of pyridine rings is 1. The Balaban J connectivity index is 1.42. The van der Waals surface area contributed by atoms with Crippen LogP contribution in [0.2, 0.25) is 0 Å². The van der Waals surface area contributed by atoms with Crippen molar-refractivity contribution in [3.05, 3.63) is 89.6 Å². The first-order chi connectivity index (χ1) is 15.6. The molecule has 4 aromatic rings. The van der Waals surface area contributed by atoms with Crippen LogP contribution >= 0.6 is 11.5 Å². The predicted octanol–water partition coefficient (Wildman–Crippen LogP) is 5.40. The van der Waals surface area contributed by atoms with Crippen LogP contribution in [0.15, 0.2) is 72.8 Å². The summed E-state index contributed by atoms with van der Waals surface area (Å²) < 4.78 is 15.3. The van der Waals surface area contributed by atoms with Gasteiger partial charge in [0.1, 0.15) is 10.8 Å². The van der Waals surface area contributed by atoms with Gasteiger partial charge in [-0.15, -0.1) is 0 Å². The summed E-state index contributed by atoms with van der Waals surface area (Å²) in [6, 6.07) is 22.8. The zero-order valence-electron chi connectivity index (χ0n) is 17.9. The standard InChI is InChI=1S/C25H23N3O3S/c1-17-14-24(32-28-17)27-25(29)20-8-4-7-19(16-20)22-10-5-11-23(26-22)31-13-12-18-6-3-9-21(15-18)30-2/h3-11,14-16H,12-13H2,1-2H3,(H,27,29). The summed E-state index contributed by atoms with van der Waals surface area (Å²) >= 11 is 1.27. The fourth-order valence-corrected chi connectivity index (χ4v) is 3.84. The number of hydrogen-bond donors (Lipinski definition) is 1. The highest BCUT2D eigenvalue weighted by molar-refractivity contribution is 7.10. The number of aromatic nitrogens is 2. The molecule has 0 saturated carbocycles. The van der Waals surface area contributed by atoms with Gasteiger partial charge in [0.15, 0.2) is 0 Å². The van der Waals surface area contributed by atoms with Gasteiger partial charge in [0.2, 0.25) is 5.88 Å². The van der Waals surface area contributed by atoms with Crippen LogP contribution in [-0.4, -0.2) is 29.0 Å². The Kier molecular flexibility index (Phi) is 6.77. The van der Waals surface area contributed by atoms with E-state index in [1.165, 1.54) is 11.5 Å². The quantitative estimate of drug-likeness (QED) is 0.393. The first-order valence-corrected chi connectivity index (χ1v) is 11.0. The van der Waals surface area contributed by atoms with E-state index < -0.39 is 0 Å². The number of amides is 1. The molecule has 0 fully saturated rings. The lowest BCUT2D eigenvalue weighted by Gasteiger charge is -2.09. The van der Waals surface area contributed by atoms with Gasteiger partial charge in [-0.25, -0.2) is 4.98 Å². The van der Waals surface area contributed by atoms with Gasteiger partial charge in [0.25, 0.3) is 5.91 Å². The molecule has 2 aromatic carbocycles. The van der Waals surface area contributed by atoms with E-state index >= 15 is 0 Å². The molecule has 7 heteroatoms. The molecule has 0 atom stereocenters. The highest BCUT2D eigenvalue weighted by Crippen LogP contribution is 2.23. The van der Waals surface area contributed by atoms with Crippen LogP contribution in [-0.2, 0) is 6.42 Å². The van der Waals surface area contributed by atoms with Crippen molar-refractivity contribution in [2.24, 2.45) is 0 Å². The Morgan fingerprint density at radius 3 is 2.69 bits per heavy atom.